The van der Waals surface area contributed by atoms with E-state index in [1.165, 1.54) is 24.1 Å². The lowest BCUT2D eigenvalue weighted by atomic mass is 9.99. The van der Waals surface area contributed by atoms with Crippen molar-refractivity contribution in [1.82, 2.24) is 14.9 Å². The number of imidazole rings is 1. The third-order valence-electron chi connectivity index (χ3n) is 3.80. The molecule has 0 bridgehead atoms. The summed E-state index contributed by atoms with van der Waals surface area (Å²) in [4.78, 5) is 4.35. The van der Waals surface area contributed by atoms with Crippen molar-refractivity contribution in [1.29, 1.82) is 0 Å². The first-order valence-corrected chi connectivity index (χ1v) is 7.54. The maximum absolute atomic E-state index is 4.35. The van der Waals surface area contributed by atoms with Gasteiger partial charge in [0.05, 0.1) is 18.2 Å². The number of hydrogen-bond acceptors (Lipinski definition) is 2. The van der Waals surface area contributed by atoms with Gasteiger partial charge in [0.1, 0.15) is 0 Å². The third kappa shape index (κ3) is 2.74. The molecule has 0 spiro atoms. The topological polar surface area (TPSA) is 29.9 Å². The first kappa shape index (κ1) is 12.9. The summed E-state index contributed by atoms with van der Waals surface area (Å²) in [7, 11) is 0. The molecule has 2 heterocycles. The van der Waals surface area contributed by atoms with Crippen LogP contribution in [-0.4, -0.2) is 22.1 Å². The van der Waals surface area contributed by atoms with Crippen molar-refractivity contribution < 1.29 is 0 Å². The minimum absolute atomic E-state index is 0.553. The molecule has 19 heavy (non-hydrogen) atoms. The van der Waals surface area contributed by atoms with Crippen molar-refractivity contribution in [2.24, 2.45) is 0 Å². The number of halogens is 1. The van der Waals surface area contributed by atoms with E-state index in [4.69, 9.17) is 0 Å². The van der Waals surface area contributed by atoms with Crippen molar-refractivity contribution >= 4 is 15.9 Å². The van der Waals surface area contributed by atoms with Crippen LogP contribution < -0.4 is 5.32 Å². The summed E-state index contributed by atoms with van der Waals surface area (Å²) >= 11 is 3.48. The lowest BCUT2D eigenvalue weighted by Gasteiger charge is -2.30. The van der Waals surface area contributed by atoms with Crippen molar-refractivity contribution in [3.8, 4) is 11.3 Å². The van der Waals surface area contributed by atoms with Gasteiger partial charge in [0.2, 0.25) is 0 Å². The van der Waals surface area contributed by atoms with Crippen LogP contribution in [0, 0.1) is 0 Å². The zero-order valence-electron chi connectivity index (χ0n) is 11.0. The van der Waals surface area contributed by atoms with E-state index in [9.17, 15) is 0 Å². The third-order valence-corrected chi connectivity index (χ3v) is 4.32. The van der Waals surface area contributed by atoms with E-state index in [1.807, 2.05) is 12.5 Å². The lowest BCUT2D eigenvalue weighted by molar-refractivity contribution is 0.315. The average Bonchev–Trinajstić information content (AvgIpc) is 2.89. The number of piperidine rings is 1. The van der Waals surface area contributed by atoms with Gasteiger partial charge in [-0.3, -0.25) is 0 Å². The maximum Gasteiger partial charge on any atom is 0.0953 e. The van der Waals surface area contributed by atoms with Crippen LogP contribution in [0.4, 0.5) is 0 Å². The van der Waals surface area contributed by atoms with Crippen LogP contribution in [0.3, 0.4) is 0 Å². The standard InChI is InChI=1S/C15H18BrN3/c1-11-8-14(6-7-18-11)19-10-17-9-15(19)12-2-4-13(16)5-3-12/h2-5,9-11,14,18H,6-8H2,1H3. The monoisotopic (exact) mass is 319 g/mol. The van der Waals surface area contributed by atoms with E-state index < -0.39 is 0 Å². The highest BCUT2D eigenvalue weighted by molar-refractivity contribution is 9.10. The van der Waals surface area contributed by atoms with Crippen LogP contribution in [0.5, 0.6) is 0 Å². The van der Waals surface area contributed by atoms with Crippen molar-refractivity contribution in [2.75, 3.05) is 6.54 Å². The summed E-state index contributed by atoms with van der Waals surface area (Å²) < 4.78 is 3.44. The fraction of sp³-hybridized carbons (Fsp3) is 0.400. The minimum atomic E-state index is 0.553. The molecular formula is C15H18BrN3. The van der Waals surface area contributed by atoms with Crippen molar-refractivity contribution in [3.05, 3.63) is 41.3 Å². The quantitative estimate of drug-likeness (QED) is 0.916. The molecule has 3 nitrogen and oxygen atoms in total. The van der Waals surface area contributed by atoms with Gasteiger partial charge in [-0.2, -0.15) is 0 Å². The van der Waals surface area contributed by atoms with Crippen LogP contribution in [0.1, 0.15) is 25.8 Å². The molecule has 1 saturated heterocycles. The Hall–Kier alpha value is -1.13. The van der Waals surface area contributed by atoms with Crippen LogP contribution in [0.2, 0.25) is 0 Å². The number of hydrogen-bond donors (Lipinski definition) is 1. The van der Waals surface area contributed by atoms with Crippen LogP contribution in [0.25, 0.3) is 11.3 Å². The molecule has 3 rings (SSSR count). The Morgan fingerprint density at radius 1 is 1.32 bits per heavy atom. The molecule has 1 N–H and O–H groups in total. The normalized spacial score (nSPS) is 23.5. The molecule has 2 atom stereocenters. The largest absolute Gasteiger partial charge is 0.327 e. The van der Waals surface area contributed by atoms with E-state index >= 15 is 0 Å². The number of nitrogens with one attached hydrogen (secondary N) is 1. The highest BCUT2D eigenvalue weighted by atomic mass is 79.9. The van der Waals surface area contributed by atoms with E-state index in [2.05, 4.69) is 62.0 Å². The Morgan fingerprint density at radius 2 is 2.11 bits per heavy atom. The molecular weight excluding hydrogens is 302 g/mol. The fourth-order valence-electron chi connectivity index (χ4n) is 2.80. The molecule has 0 amide bonds. The zero-order chi connectivity index (χ0) is 13.2. The van der Waals surface area contributed by atoms with E-state index in [0.29, 0.717) is 12.1 Å². The molecule has 100 valence electrons. The Balaban J connectivity index is 1.91. The molecule has 1 aromatic heterocycles. The van der Waals surface area contributed by atoms with Gasteiger partial charge in [-0.15, -0.1) is 0 Å². The van der Waals surface area contributed by atoms with Gasteiger partial charge >= 0.3 is 0 Å². The predicted molar refractivity (Wildman–Crippen MR) is 81.1 cm³/mol. The molecule has 0 radical (unpaired) electrons. The maximum atomic E-state index is 4.35. The lowest BCUT2D eigenvalue weighted by Crippen LogP contribution is -2.36. The molecule has 2 unspecified atom stereocenters. The van der Waals surface area contributed by atoms with Crippen LogP contribution in [-0.2, 0) is 0 Å². The Kier molecular flexibility index (Phi) is 3.71. The van der Waals surface area contributed by atoms with Crippen LogP contribution in [0.15, 0.2) is 41.3 Å². The number of aromatic nitrogens is 2. The highest BCUT2D eigenvalue weighted by Gasteiger charge is 2.21. The molecule has 1 aliphatic heterocycles. The van der Waals surface area contributed by atoms with Gasteiger partial charge in [-0.25, -0.2) is 4.98 Å². The second-order valence-corrected chi connectivity index (χ2v) is 6.14. The molecule has 2 aromatic rings. The Labute approximate surface area is 122 Å². The van der Waals surface area contributed by atoms with Crippen LogP contribution >= 0.6 is 15.9 Å². The highest BCUT2D eigenvalue weighted by Crippen LogP contribution is 2.29. The number of nitrogens with zero attached hydrogens (tertiary/aromatic N) is 2. The average molecular weight is 320 g/mol. The van der Waals surface area contributed by atoms with Crippen molar-refractivity contribution in [3.63, 3.8) is 0 Å². The first-order chi connectivity index (χ1) is 9.24. The van der Waals surface area contributed by atoms with Crippen molar-refractivity contribution in [2.45, 2.75) is 31.8 Å². The van der Waals surface area contributed by atoms with E-state index in [0.717, 1.165) is 11.0 Å². The summed E-state index contributed by atoms with van der Waals surface area (Å²) in [5, 5.41) is 3.50. The smallest absolute Gasteiger partial charge is 0.0953 e. The summed E-state index contributed by atoms with van der Waals surface area (Å²) in [6.07, 6.45) is 6.28. The van der Waals surface area contributed by atoms with Gasteiger partial charge < -0.3 is 9.88 Å². The second-order valence-electron chi connectivity index (χ2n) is 5.23. The van der Waals surface area contributed by atoms with Gasteiger partial charge in [-0.05, 0) is 44.0 Å². The summed E-state index contributed by atoms with van der Waals surface area (Å²) in [5.74, 6) is 0. The molecule has 1 aliphatic rings. The van der Waals surface area contributed by atoms with Gasteiger partial charge in [0.15, 0.2) is 0 Å². The predicted octanol–water partition coefficient (Wildman–Crippen LogP) is 3.63. The number of rotatable bonds is 2. The molecule has 0 aliphatic carbocycles. The molecule has 4 heteroatoms. The summed E-state index contributed by atoms with van der Waals surface area (Å²) in [6.45, 7) is 3.34. The SMILES string of the molecule is CC1CC(n2cncc2-c2ccc(Br)cc2)CCN1. The fourth-order valence-corrected chi connectivity index (χ4v) is 3.06. The number of benzene rings is 1. The first-order valence-electron chi connectivity index (χ1n) is 6.75. The molecule has 0 saturated carbocycles. The molecule has 1 fully saturated rings. The van der Waals surface area contributed by atoms with Gasteiger partial charge in [0, 0.05) is 16.6 Å². The minimum Gasteiger partial charge on any atom is -0.327 e. The zero-order valence-corrected chi connectivity index (χ0v) is 12.6. The van der Waals surface area contributed by atoms with E-state index in [1.54, 1.807) is 0 Å². The second kappa shape index (κ2) is 5.47. The summed E-state index contributed by atoms with van der Waals surface area (Å²) in [5.41, 5.74) is 2.44. The summed E-state index contributed by atoms with van der Waals surface area (Å²) in [6, 6.07) is 9.58. The Bertz CT molecular complexity index is 547. The Morgan fingerprint density at radius 3 is 2.84 bits per heavy atom. The van der Waals surface area contributed by atoms with Gasteiger partial charge in [0.25, 0.3) is 0 Å². The molecule has 1 aromatic carbocycles. The van der Waals surface area contributed by atoms with E-state index in [-0.39, 0.29) is 0 Å². The van der Waals surface area contributed by atoms with Gasteiger partial charge in [-0.1, -0.05) is 28.1 Å².